The number of carbonyl (C=O) groups excluding carboxylic acids is 1. The fraction of sp³-hybridized carbons (Fsp3) is 0.0952. The number of hydrogen-bond acceptors (Lipinski definition) is 4. The molecule has 0 aliphatic rings. The number of nitriles is 1. The molecule has 0 radical (unpaired) electrons. The molecule has 0 spiro atoms. The van der Waals surface area contributed by atoms with E-state index in [9.17, 15) is 4.79 Å². The van der Waals surface area contributed by atoms with E-state index >= 15 is 0 Å². The van der Waals surface area contributed by atoms with E-state index in [0.29, 0.717) is 33.3 Å². The number of aromatic nitrogens is 1. The average Bonchev–Trinajstić information content (AvgIpc) is 2.73. The number of halogens is 1. The number of amides is 1. The Morgan fingerprint density at radius 3 is 2.63 bits per heavy atom. The molecule has 3 rings (SSSR count). The van der Waals surface area contributed by atoms with Crippen LogP contribution in [0.3, 0.4) is 0 Å². The molecule has 0 atom stereocenters. The largest absolute Gasteiger partial charge is 0.495 e. The minimum absolute atomic E-state index is 0.195. The topological polar surface area (TPSA) is 66.2 Å². The monoisotopic (exact) mass is 377 g/mol. The third-order valence-corrected chi connectivity index (χ3v) is 4.48. The Morgan fingerprint density at radius 1 is 1.19 bits per heavy atom. The van der Waals surface area contributed by atoms with E-state index < -0.39 is 0 Å². The lowest BCUT2D eigenvalue weighted by atomic mass is 10.0. The summed E-state index contributed by atoms with van der Waals surface area (Å²) in [7, 11) is 3.26. The van der Waals surface area contributed by atoms with E-state index in [2.05, 4.69) is 4.98 Å². The summed E-state index contributed by atoms with van der Waals surface area (Å²) in [5.41, 5.74) is 2.87. The molecular formula is C21H16ClN3O2. The second-order valence-corrected chi connectivity index (χ2v) is 6.18. The summed E-state index contributed by atoms with van der Waals surface area (Å²) in [6.07, 6.45) is 1.57. The summed E-state index contributed by atoms with van der Waals surface area (Å²) >= 11 is 6.32. The zero-order valence-corrected chi connectivity index (χ0v) is 15.6. The number of ether oxygens (including phenoxy) is 1. The van der Waals surface area contributed by atoms with Crippen molar-refractivity contribution in [3.8, 4) is 22.9 Å². The molecule has 0 saturated carbocycles. The first-order chi connectivity index (χ1) is 13.0. The second-order valence-electron chi connectivity index (χ2n) is 5.77. The van der Waals surface area contributed by atoms with Gasteiger partial charge in [0.15, 0.2) is 0 Å². The van der Waals surface area contributed by atoms with E-state index in [1.807, 2.05) is 24.3 Å². The molecule has 1 aromatic heterocycles. The van der Waals surface area contributed by atoms with Gasteiger partial charge in [-0.05, 0) is 42.5 Å². The molecule has 1 amide bonds. The molecule has 3 aromatic rings. The third kappa shape index (κ3) is 3.76. The smallest absolute Gasteiger partial charge is 0.258 e. The molecule has 0 bridgehead atoms. The van der Waals surface area contributed by atoms with Crippen molar-refractivity contribution >= 4 is 23.2 Å². The molecule has 0 saturated heterocycles. The maximum Gasteiger partial charge on any atom is 0.258 e. The van der Waals surface area contributed by atoms with Crippen molar-refractivity contribution in [3.05, 3.63) is 77.1 Å². The first-order valence-corrected chi connectivity index (χ1v) is 8.50. The predicted octanol–water partition coefficient (Wildman–Crippen LogP) is 4.56. The summed E-state index contributed by atoms with van der Waals surface area (Å²) in [6.45, 7) is 0. The number of pyridine rings is 1. The van der Waals surface area contributed by atoms with E-state index in [4.69, 9.17) is 21.6 Å². The van der Waals surface area contributed by atoms with E-state index in [1.165, 1.54) is 4.90 Å². The lowest BCUT2D eigenvalue weighted by Gasteiger charge is -2.20. The number of para-hydroxylation sites is 2. The molecule has 0 fully saturated rings. The Labute approximate surface area is 162 Å². The van der Waals surface area contributed by atoms with Crippen LogP contribution in [0.2, 0.25) is 5.02 Å². The predicted molar refractivity (Wildman–Crippen MR) is 105 cm³/mol. The van der Waals surface area contributed by atoms with Crippen molar-refractivity contribution in [1.29, 1.82) is 5.26 Å². The summed E-state index contributed by atoms with van der Waals surface area (Å²) < 4.78 is 5.34. The molecule has 5 nitrogen and oxygen atoms in total. The molecule has 0 unspecified atom stereocenters. The third-order valence-electron chi connectivity index (χ3n) is 4.15. The van der Waals surface area contributed by atoms with Gasteiger partial charge in [-0.25, -0.2) is 4.98 Å². The zero-order valence-electron chi connectivity index (χ0n) is 14.8. The van der Waals surface area contributed by atoms with E-state index in [1.54, 1.807) is 56.8 Å². The quantitative estimate of drug-likeness (QED) is 0.668. The van der Waals surface area contributed by atoms with Crippen LogP contribution in [-0.2, 0) is 0 Å². The maximum atomic E-state index is 13.0. The van der Waals surface area contributed by atoms with E-state index in [-0.39, 0.29) is 5.91 Å². The van der Waals surface area contributed by atoms with Crippen molar-refractivity contribution in [2.24, 2.45) is 0 Å². The van der Waals surface area contributed by atoms with Crippen molar-refractivity contribution in [2.45, 2.75) is 0 Å². The zero-order chi connectivity index (χ0) is 19.4. The second kappa shape index (κ2) is 7.90. The highest BCUT2D eigenvalue weighted by Gasteiger charge is 2.18. The fourth-order valence-corrected chi connectivity index (χ4v) is 2.94. The molecule has 1 heterocycles. The number of hydrogen-bond donors (Lipinski definition) is 0. The molecule has 0 aliphatic heterocycles. The van der Waals surface area contributed by atoms with Crippen LogP contribution in [0.25, 0.3) is 11.1 Å². The van der Waals surface area contributed by atoms with Crippen LogP contribution in [0, 0.1) is 11.3 Å². The Bertz CT molecular complexity index is 1030. The first kappa shape index (κ1) is 18.4. The van der Waals surface area contributed by atoms with Crippen LogP contribution in [0.4, 0.5) is 5.69 Å². The van der Waals surface area contributed by atoms with Gasteiger partial charge in [0.25, 0.3) is 5.91 Å². The van der Waals surface area contributed by atoms with Crippen LogP contribution in [0.1, 0.15) is 16.1 Å². The minimum atomic E-state index is -0.195. The average molecular weight is 378 g/mol. The lowest BCUT2D eigenvalue weighted by molar-refractivity contribution is 0.0992. The summed E-state index contributed by atoms with van der Waals surface area (Å²) in [4.78, 5) is 18.6. The van der Waals surface area contributed by atoms with Gasteiger partial charge in [0.2, 0.25) is 0 Å². The molecule has 0 aliphatic carbocycles. The van der Waals surface area contributed by atoms with Crippen molar-refractivity contribution < 1.29 is 9.53 Å². The standard InChI is InChI=1S/C21H16ClN3O2/c1-25(19-5-3-4-6-20(19)27-2)21(26)14-8-10-18(22)17(11-14)15-7-9-16(12-23)24-13-15/h3-11,13H,1-2H3. The van der Waals surface area contributed by atoms with Crippen molar-refractivity contribution in [3.63, 3.8) is 0 Å². The Balaban J connectivity index is 1.97. The van der Waals surface area contributed by atoms with Gasteiger partial charge in [0.05, 0.1) is 12.8 Å². The number of anilines is 1. The van der Waals surface area contributed by atoms with Gasteiger partial charge in [-0.2, -0.15) is 5.26 Å². The van der Waals surface area contributed by atoms with E-state index in [0.717, 1.165) is 5.56 Å². The van der Waals surface area contributed by atoms with Gasteiger partial charge in [-0.3, -0.25) is 4.79 Å². The normalized spacial score (nSPS) is 10.1. The van der Waals surface area contributed by atoms with Gasteiger partial charge >= 0.3 is 0 Å². The summed E-state index contributed by atoms with van der Waals surface area (Å²) in [5.74, 6) is 0.415. The highest BCUT2D eigenvalue weighted by molar-refractivity contribution is 6.33. The molecule has 0 N–H and O–H groups in total. The van der Waals surface area contributed by atoms with Crippen molar-refractivity contribution in [1.82, 2.24) is 4.98 Å². The lowest BCUT2D eigenvalue weighted by Crippen LogP contribution is -2.26. The van der Waals surface area contributed by atoms with Crippen LogP contribution >= 0.6 is 11.6 Å². The molecular weight excluding hydrogens is 362 g/mol. The maximum absolute atomic E-state index is 13.0. The van der Waals surface area contributed by atoms with Crippen LogP contribution in [0.5, 0.6) is 5.75 Å². The van der Waals surface area contributed by atoms with Gasteiger partial charge in [-0.1, -0.05) is 23.7 Å². The van der Waals surface area contributed by atoms with Crippen LogP contribution in [-0.4, -0.2) is 25.0 Å². The highest BCUT2D eigenvalue weighted by atomic mass is 35.5. The minimum Gasteiger partial charge on any atom is -0.495 e. The van der Waals surface area contributed by atoms with Crippen molar-refractivity contribution in [2.75, 3.05) is 19.1 Å². The Morgan fingerprint density at radius 2 is 1.96 bits per heavy atom. The number of benzene rings is 2. The number of nitrogens with zero attached hydrogens (tertiary/aromatic N) is 3. The summed E-state index contributed by atoms with van der Waals surface area (Å²) in [5, 5.41) is 9.38. The Hall–Kier alpha value is -3.36. The molecule has 6 heteroatoms. The van der Waals surface area contributed by atoms with Gasteiger partial charge in [0, 0.05) is 35.0 Å². The number of carbonyl (C=O) groups is 1. The SMILES string of the molecule is COc1ccccc1N(C)C(=O)c1ccc(Cl)c(-c2ccc(C#N)nc2)c1. The van der Waals surface area contributed by atoms with Gasteiger partial charge in [-0.15, -0.1) is 0 Å². The van der Waals surface area contributed by atoms with Crippen LogP contribution in [0.15, 0.2) is 60.8 Å². The fourth-order valence-electron chi connectivity index (χ4n) is 2.71. The van der Waals surface area contributed by atoms with Crippen LogP contribution < -0.4 is 9.64 Å². The Kier molecular flexibility index (Phi) is 5.39. The highest BCUT2D eigenvalue weighted by Crippen LogP contribution is 2.31. The number of rotatable bonds is 4. The molecule has 134 valence electrons. The first-order valence-electron chi connectivity index (χ1n) is 8.12. The summed E-state index contributed by atoms with van der Waals surface area (Å²) in [6, 6.07) is 17.7. The van der Waals surface area contributed by atoms with Gasteiger partial charge < -0.3 is 9.64 Å². The van der Waals surface area contributed by atoms with Gasteiger partial charge in [0.1, 0.15) is 17.5 Å². The molecule has 2 aromatic carbocycles. The molecule has 27 heavy (non-hydrogen) atoms. The number of methoxy groups -OCH3 is 1.